The van der Waals surface area contributed by atoms with E-state index < -0.39 is 6.17 Å². The first-order valence-corrected chi connectivity index (χ1v) is 2.85. The molecule has 0 amide bonds. The van der Waals surface area contributed by atoms with Crippen LogP contribution in [0.1, 0.15) is 12.8 Å². The summed E-state index contributed by atoms with van der Waals surface area (Å²) in [5.74, 6) is 0. The van der Waals surface area contributed by atoms with E-state index >= 15 is 0 Å². The molecule has 1 saturated heterocycles. The van der Waals surface area contributed by atoms with Crippen LogP contribution < -0.4 is 5.32 Å². The van der Waals surface area contributed by atoms with E-state index in [4.69, 9.17) is 0 Å². The van der Waals surface area contributed by atoms with Crippen LogP contribution >= 0.6 is 12.4 Å². The number of piperidine rings is 1. The predicted octanol–water partition coefficient (Wildman–Crippen LogP) is 0.104. The third-order valence-electron chi connectivity index (χ3n) is 1.37. The lowest BCUT2D eigenvalue weighted by Gasteiger charge is -2.11. The second-order valence-corrected chi connectivity index (χ2v) is 2.04. The molecule has 1 nitrogen and oxygen atoms in total. The average molecular weight is 141 g/mol. The minimum absolute atomic E-state index is 0. The Morgan fingerprint density at radius 2 is 1.75 bits per heavy atom. The van der Waals surface area contributed by atoms with Gasteiger partial charge in [0, 0.05) is 12.8 Å². The number of hydrogen-bond acceptors (Lipinski definition) is 0. The number of quaternary nitrogens is 1. The van der Waals surface area contributed by atoms with Crippen molar-refractivity contribution in [2.45, 2.75) is 19.0 Å². The van der Waals surface area contributed by atoms with Gasteiger partial charge < -0.3 is 5.32 Å². The molecule has 0 aromatic heterocycles. The average Bonchev–Trinajstić information content (AvgIpc) is 1.69. The number of rotatable bonds is 0. The molecule has 0 radical (unpaired) electrons. The van der Waals surface area contributed by atoms with E-state index in [0.717, 1.165) is 25.9 Å². The highest BCUT2D eigenvalue weighted by Gasteiger charge is 2.12. The molecule has 50 valence electrons. The Morgan fingerprint density at radius 1 is 1.25 bits per heavy atom. The van der Waals surface area contributed by atoms with Gasteiger partial charge in [0.2, 0.25) is 0 Å². The molecule has 0 atom stereocenters. The number of alkyl halides is 1. The first-order chi connectivity index (χ1) is 3.39. The standard InChI is InChI=1S/C5H10FN.ClH/c6-5-1-3-7-4-2-5;/h5,7H,1-4H2;1H/p+1. The molecule has 0 saturated carbocycles. The zero-order chi connectivity index (χ0) is 5.11. The topological polar surface area (TPSA) is 16.6 Å². The van der Waals surface area contributed by atoms with Gasteiger partial charge in [-0.3, -0.25) is 0 Å². The highest BCUT2D eigenvalue weighted by Crippen LogP contribution is 2.01. The Bertz CT molecular complexity index is 54.4. The molecule has 8 heavy (non-hydrogen) atoms. The molecule has 2 N–H and O–H groups in total. The van der Waals surface area contributed by atoms with Crippen LogP contribution in [0.3, 0.4) is 0 Å². The monoisotopic (exact) mass is 140 g/mol. The molecule has 0 bridgehead atoms. The highest BCUT2D eigenvalue weighted by molar-refractivity contribution is 5.85. The molecule has 0 aliphatic carbocycles. The maximum Gasteiger partial charge on any atom is 0.111 e. The molecule has 1 aliphatic rings. The Balaban J connectivity index is 0.000000490. The van der Waals surface area contributed by atoms with Gasteiger partial charge in [0.15, 0.2) is 0 Å². The van der Waals surface area contributed by atoms with E-state index in [1.54, 1.807) is 0 Å². The fraction of sp³-hybridized carbons (Fsp3) is 1.00. The summed E-state index contributed by atoms with van der Waals surface area (Å²) in [5.41, 5.74) is 0. The van der Waals surface area contributed by atoms with Crippen LogP contribution in [0.4, 0.5) is 4.39 Å². The summed E-state index contributed by atoms with van der Waals surface area (Å²) in [5, 5.41) is 2.16. The van der Waals surface area contributed by atoms with Crippen molar-refractivity contribution in [2.75, 3.05) is 13.1 Å². The minimum atomic E-state index is -0.495. The zero-order valence-electron chi connectivity index (χ0n) is 4.77. The Labute approximate surface area is 55.1 Å². The van der Waals surface area contributed by atoms with Gasteiger partial charge in [-0.05, 0) is 0 Å². The molecule has 1 aliphatic heterocycles. The van der Waals surface area contributed by atoms with Crippen LogP contribution in [0.5, 0.6) is 0 Å². The Hall–Kier alpha value is 0.180. The molecule has 0 aromatic carbocycles. The van der Waals surface area contributed by atoms with Crippen LogP contribution in [0.2, 0.25) is 0 Å². The third-order valence-corrected chi connectivity index (χ3v) is 1.37. The SMILES string of the molecule is Cl.FC1CC[NH2+]CC1. The first-order valence-electron chi connectivity index (χ1n) is 2.85. The summed E-state index contributed by atoms with van der Waals surface area (Å²) >= 11 is 0. The molecule has 0 spiro atoms. The van der Waals surface area contributed by atoms with Crippen molar-refractivity contribution in [2.24, 2.45) is 0 Å². The van der Waals surface area contributed by atoms with Gasteiger partial charge in [-0.15, -0.1) is 12.4 Å². The number of hydrogen-bond donors (Lipinski definition) is 1. The van der Waals surface area contributed by atoms with Gasteiger partial charge in [0.1, 0.15) is 6.17 Å². The highest BCUT2D eigenvalue weighted by atomic mass is 35.5. The maximum absolute atomic E-state index is 12.2. The third kappa shape index (κ3) is 2.48. The lowest BCUT2D eigenvalue weighted by atomic mass is 10.1. The molecule has 0 aromatic rings. The zero-order valence-corrected chi connectivity index (χ0v) is 5.59. The van der Waals surface area contributed by atoms with Crippen molar-refractivity contribution < 1.29 is 9.71 Å². The number of halogens is 2. The van der Waals surface area contributed by atoms with Crippen molar-refractivity contribution in [3.05, 3.63) is 0 Å². The van der Waals surface area contributed by atoms with Crippen LogP contribution in [0, 0.1) is 0 Å². The largest absolute Gasteiger partial charge is 0.346 e. The van der Waals surface area contributed by atoms with E-state index in [1.807, 2.05) is 0 Å². The normalized spacial score (nSPS) is 22.1. The smallest absolute Gasteiger partial charge is 0.111 e. The van der Waals surface area contributed by atoms with E-state index in [-0.39, 0.29) is 12.4 Å². The summed E-state index contributed by atoms with van der Waals surface area (Å²) in [6.45, 7) is 1.97. The van der Waals surface area contributed by atoms with Crippen LogP contribution in [0.25, 0.3) is 0 Å². The Morgan fingerprint density at radius 3 is 2.00 bits per heavy atom. The Kier molecular flexibility index (Phi) is 4.19. The van der Waals surface area contributed by atoms with Crippen LogP contribution in [0.15, 0.2) is 0 Å². The van der Waals surface area contributed by atoms with Gasteiger partial charge in [0.25, 0.3) is 0 Å². The molecule has 1 heterocycles. The van der Waals surface area contributed by atoms with Crippen molar-refractivity contribution in [3.8, 4) is 0 Å². The molecular weight excluding hydrogens is 129 g/mol. The van der Waals surface area contributed by atoms with E-state index in [0.29, 0.717) is 0 Å². The lowest BCUT2D eigenvalue weighted by molar-refractivity contribution is -0.664. The second-order valence-electron chi connectivity index (χ2n) is 2.04. The molecule has 1 fully saturated rings. The summed E-state index contributed by atoms with van der Waals surface area (Å²) in [4.78, 5) is 0. The van der Waals surface area contributed by atoms with Crippen LogP contribution in [-0.4, -0.2) is 19.3 Å². The van der Waals surface area contributed by atoms with E-state index in [9.17, 15) is 4.39 Å². The van der Waals surface area contributed by atoms with E-state index in [2.05, 4.69) is 5.32 Å². The summed E-state index contributed by atoms with van der Waals surface area (Å²) in [6.07, 6.45) is 1.03. The predicted molar refractivity (Wildman–Crippen MR) is 33.0 cm³/mol. The second kappa shape index (κ2) is 4.10. The number of nitrogens with two attached hydrogens (primary N) is 1. The molecular formula is C5H12ClFN+. The fourth-order valence-corrected chi connectivity index (χ4v) is 0.886. The van der Waals surface area contributed by atoms with Gasteiger partial charge in [-0.1, -0.05) is 0 Å². The van der Waals surface area contributed by atoms with E-state index in [1.165, 1.54) is 0 Å². The molecule has 1 rings (SSSR count). The minimum Gasteiger partial charge on any atom is -0.346 e. The van der Waals surface area contributed by atoms with Gasteiger partial charge in [-0.2, -0.15) is 0 Å². The molecule has 0 unspecified atom stereocenters. The molecule has 3 heteroatoms. The van der Waals surface area contributed by atoms with Gasteiger partial charge in [-0.25, -0.2) is 4.39 Å². The first kappa shape index (κ1) is 8.18. The summed E-state index contributed by atoms with van der Waals surface area (Å²) < 4.78 is 12.2. The van der Waals surface area contributed by atoms with Crippen molar-refractivity contribution >= 4 is 12.4 Å². The van der Waals surface area contributed by atoms with Crippen molar-refractivity contribution in [1.82, 2.24) is 0 Å². The summed E-state index contributed by atoms with van der Waals surface area (Å²) in [6, 6.07) is 0. The van der Waals surface area contributed by atoms with Gasteiger partial charge >= 0.3 is 0 Å². The van der Waals surface area contributed by atoms with Gasteiger partial charge in [0.05, 0.1) is 13.1 Å². The maximum atomic E-state index is 12.2. The van der Waals surface area contributed by atoms with Crippen molar-refractivity contribution in [3.63, 3.8) is 0 Å². The fourth-order valence-electron chi connectivity index (χ4n) is 0.886. The summed E-state index contributed by atoms with van der Waals surface area (Å²) in [7, 11) is 0. The quantitative estimate of drug-likeness (QED) is 0.492. The van der Waals surface area contributed by atoms with Crippen molar-refractivity contribution in [1.29, 1.82) is 0 Å². The lowest BCUT2D eigenvalue weighted by Crippen LogP contribution is -2.86. The van der Waals surface area contributed by atoms with Crippen LogP contribution in [-0.2, 0) is 0 Å².